The second kappa shape index (κ2) is 5.00. The van der Waals surface area contributed by atoms with Gasteiger partial charge in [0.25, 0.3) is 0 Å². The van der Waals surface area contributed by atoms with Crippen molar-refractivity contribution in [2.24, 2.45) is 14.1 Å². The fraction of sp³-hybridized carbons (Fsp3) is 0.167. The van der Waals surface area contributed by atoms with Crippen molar-refractivity contribution >= 4 is 17.8 Å². The zero-order valence-corrected chi connectivity index (χ0v) is 10.8. The van der Waals surface area contributed by atoms with Gasteiger partial charge < -0.3 is 4.42 Å². The van der Waals surface area contributed by atoms with Crippen LogP contribution in [-0.4, -0.2) is 14.1 Å². The molecule has 2 aromatic heterocycles. The summed E-state index contributed by atoms with van der Waals surface area (Å²) in [5, 5.41) is 11.0. The number of furan rings is 1. The molecule has 0 fully saturated rings. The van der Waals surface area contributed by atoms with Crippen LogP contribution in [0.3, 0.4) is 0 Å². The van der Waals surface area contributed by atoms with Gasteiger partial charge >= 0.3 is 16.9 Å². The summed E-state index contributed by atoms with van der Waals surface area (Å²) in [6.07, 6.45) is 4.19. The van der Waals surface area contributed by atoms with Crippen LogP contribution in [-0.2, 0) is 14.1 Å². The van der Waals surface area contributed by atoms with Crippen LogP contribution in [0.25, 0.3) is 12.2 Å². The third-order valence-corrected chi connectivity index (χ3v) is 2.82. The van der Waals surface area contributed by atoms with Gasteiger partial charge in [0.15, 0.2) is 0 Å². The monoisotopic (exact) mass is 277 g/mol. The van der Waals surface area contributed by atoms with Crippen molar-refractivity contribution in [2.75, 3.05) is 0 Å². The van der Waals surface area contributed by atoms with Gasteiger partial charge in [-0.1, -0.05) is 0 Å². The summed E-state index contributed by atoms with van der Waals surface area (Å²) in [6, 6.07) is 3.29. The van der Waals surface area contributed by atoms with E-state index >= 15 is 0 Å². The Morgan fingerprint density at radius 1 is 1.25 bits per heavy atom. The average molecular weight is 277 g/mol. The first-order valence-corrected chi connectivity index (χ1v) is 5.59. The standard InChI is InChI=1S/C12H11N3O5/c1-13-9(6-5-8-4-3-7-20-8)10(15(18)19)11(16)14(2)12(13)17/h3-7H,1-2H3/b6-5+. The Kier molecular flexibility index (Phi) is 3.38. The van der Waals surface area contributed by atoms with Crippen molar-refractivity contribution < 1.29 is 9.34 Å². The second-order valence-electron chi connectivity index (χ2n) is 4.05. The molecule has 0 aliphatic heterocycles. The molecule has 0 aliphatic rings. The summed E-state index contributed by atoms with van der Waals surface area (Å²) in [6.45, 7) is 0. The summed E-state index contributed by atoms with van der Waals surface area (Å²) < 4.78 is 6.79. The molecule has 0 saturated carbocycles. The molecule has 0 aliphatic carbocycles. The molecule has 0 unspecified atom stereocenters. The van der Waals surface area contributed by atoms with Crippen molar-refractivity contribution in [1.82, 2.24) is 9.13 Å². The molecule has 2 aromatic rings. The Morgan fingerprint density at radius 2 is 1.95 bits per heavy atom. The van der Waals surface area contributed by atoms with Crippen molar-refractivity contribution in [1.29, 1.82) is 0 Å². The molecule has 0 radical (unpaired) electrons. The first-order chi connectivity index (χ1) is 9.43. The normalized spacial score (nSPS) is 11.1. The van der Waals surface area contributed by atoms with Gasteiger partial charge in [-0.05, 0) is 24.3 Å². The van der Waals surface area contributed by atoms with E-state index in [0.29, 0.717) is 10.3 Å². The molecule has 2 rings (SSSR count). The lowest BCUT2D eigenvalue weighted by Crippen LogP contribution is -2.39. The zero-order valence-electron chi connectivity index (χ0n) is 10.8. The molecule has 0 N–H and O–H groups in total. The molecular weight excluding hydrogens is 266 g/mol. The molecule has 104 valence electrons. The fourth-order valence-corrected chi connectivity index (χ4v) is 1.75. The molecule has 0 atom stereocenters. The van der Waals surface area contributed by atoms with E-state index in [-0.39, 0.29) is 5.69 Å². The van der Waals surface area contributed by atoms with Gasteiger partial charge in [-0.3, -0.25) is 24.0 Å². The van der Waals surface area contributed by atoms with Crippen LogP contribution in [0.4, 0.5) is 5.69 Å². The number of rotatable bonds is 3. The number of aromatic nitrogens is 2. The Labute approximate surface area is 112 Å². The van der Waals surface area contributed by atoms with Crippen LogP contribution < -0.4 is 11.2 Å². The minimum absolute atomic E-state index is 0.0838. The average Bonchev–Trinajstić information content (AvgIpc) is 2.91. The Balaban J connectivity index is 2.71. The Bertz CT molecular complexity index is 796. The van der Waals surface area contributed by atoms with Crippen molar-refractivity contribution in [3.05, 3.63) is 60.8 Å². The highest BCUT2D eigenvalue weighted by Gasteiger charge is 2.23. The highest BCUT2D eigenvalue weighted by atomic mass is 16.6. The first-order valence-electron chi connectivity index (χ1n) is 5.59. The van der Waals surface area contributed by atoms with E-state index in [9.17, 15) is 19.7 Å². The zero-order chi connectivity index (χ0) is 14.9. The lowest BCUT2D eigenvalue weighted by molar-refractivity contribution is -0.387. The van der Waals surface area contributed by atoms with Gasteiger partial charge in [-0.25, -0.2) is 4.79 Å². The van der Waals surface area contributed by atoms with E-state index < -0.39 is 21.9 Å². The van der Waals surface area contributed by atoms with Crippen molar-refractivity contribution in [3.63, 3.8) is 0 Å². The quantitative estimate of drug-likeness (QED) is 0.609. The molecule has 0 amide bonds. The summed E-state index contributed by atoms with van der Waals surface area (Å²) >= 11 is 0. The van der Waals surface area contributed by atoms with Crippen LogP contribution in [0, 0.1) is 10.1 Å². The topological polar surface area (TPSA) is 100 Å². The van der Waals surface area contributed by atoms with E-state index in [1.54, 1.807) is 12.1 Å². The SMILES string of the molecule is Cn1c(/C=C/c2ccco2)c([N+](=O)[O-])c(=O)n(C)c1=O. The maximum absolute atomic E-state index is 11.8. The van der Waals surface area contributed by atoms with Gasteiger partial charge in [0.2, 0.25) is 0 Å². The highest BCUT2D eigenvalue weighted by Crippen LogP contribution is 2.14. The number of hydrogen-bond donors (Lipinski definition) is 0. The van der Waals surface area contributed by atoms with Gasteiger partial charge in [0, 0.05) is 14.1 Å². The first kappa shape index (κ1) is 13.5. The molecule has 20 heavy (non-hydrogen) atoms. The molecule has 0 spiro atoms. The van der Waals surface area contributed by atoms with Crippen LogP contribution in [0.5, 0.6) is 0 Å². The molecule has 0 aromatic carbocycles. The third-order valence-electron chi connectivity index (χ3n) is 2.82. The smallest absolute Gasteiger partial charge is 0.357 e. The third kappa shape index (κ3) is 2.18. The Hall–Kier alpha value is -2.90. The molecular formula is C12H11N3O5. The summed E-state index contributed by atoms with van der Waals surface area (Å²) in [5.74, 6) is 0.451. The van der Waals surface area contributed by atoms with E-state index in [4.69, 9.17) is 4.42 Å². The van der Waals surface area contributed by atoms with Gasteiger partial charge in [0.1, 0.15) is 11.5 Å². The molecule has 0 saturated heterocycles. The van der Waals surface area contributed by atoms with Gasteiger partial charge in [-0.15, -0.1) is 0 Å². The predicted molar refractivity (Wildman–Crippen MR) is 71.2 cm³/mol. The van der Waals surface area contributed by atoms with E-state index in [1.165, 1.54) is 32.5 Å². The van der Waals surface area contributed by atoms with Crippen molar-refractivity contribution in [3.8, 4) is 0 Å². The maximum Gasteiger partial charge on any atom is 0.357 e. The molecule has 8 nitrogen and oxygen atoms in total. The molecule has 2 heterocycles. The number of hydrogen-bond acceptors (Lipinski definition) is 5. The van der Waals surface area contributed by atoms with E-state index in [2.05, 4.69) is 0 Å². The lowest BCUT2D eigenvalue weighted by atomic mass is 10.2. The van der Waals surface area contributed by atoms with Gasteiger partial charge in [-0.2, -0.15) is 0 Å². The number of nitro groups is 1. The summed E-state index contributed by atoms with van der Waals surface area (Å²) in [7, 11) is 2.55. The lowest BCUT2D eigenvalue weighted by Gasteiger charge is -2.06. The molecule has 8 heteroatoms. The van der Waals surface area contributed by atoms with Crippen LogP contribution in [0.15, 0.2) is 32.4 Å². The maximum atomic E-state index is 11.8. The fourth-order valence-electron chi connectivity index (χ4n) is 1.75. The van der Waals surface area contributed by atoms with Gasteiger partial charge in [0.05, 0.1) is 11.2 Å². The second-order valence-corrected chi connectivity index (χ2v) is 4.05. The van der Waals surface area contributed by atoms with Crippen molar-refractivity contribution in [2.45, 2.75) is 0 Å². The van der Waals surface area contributed by atoms with Crippen LogP contribution in [0.1, 0.15) is 11.5 Å². The Morgan fingerprint density at radius 3 is 2.50 bits per heavy atom. The van der Waals surface area contributed by atoms with Crippen LogP contribution >= 0.6 is 0 Å². The summed E-state index contributed by atoms with van der Waals surface area (Å²) in [4.78, 5) is 33.8. The minimum Gasteiger partial charge on any atom is -0.465 e. The number of nitrogens with zero attached hydrogens (tertiary/aromatic N) is 3. The minimum atomic E-state index is -0.947. The van der Waals surface area contributed by atoms with E-state index in [1.807, 2.05) is 0 Å². The molecule has 0 bridgehead atoms. The largest absolute Gasteiger partial charge is 0.465 e. The predicted octanol–water partition coefficient (Wildman–Crippen LogP) is 0.756. The highest BCUT2D eigenvalue weighted by molar-refractivity contribution is 5.70. The summed E-state index contributed by atoms with van der Waals surface area (Å²) in [5.41, 5.74) is -2.33. The van der Waals surface area contributed by atoms with Crippen LogP contribution in [0.2, 0.25) is 0 Å². The van der Waals surface area contributed by atoms with E-state index in [0.717, 1.165) is 4.57 Å².